The van der Waals surface area contributed by atoms with Crippen LogP contribution in [0.5, 0.6) is 0 Å². The van der Waals surface area contributed by atoms with Crippen molar-refractivity contribution in [2.45, 2.75) is 52.7 Å². The lowest BCUT2D eigenvalue weighted by Gasteiger charge is -2.14. The molecule has 1 aromatic heterocycles. The lowest BCUT2D eigenvalue weighted by molar-refractivity contribution is 0.242. The Hall–Kier alpha value is -0.800. The molecule has 0 fully saturated rings. The van der Waals surface area contributed by atoms with Gasteiger partial charge in [0.2, 0.25) is 0 Å². The van der Waals surface area contributed by atoms with Gasteiger partial charge >= 0.3 is 0 Å². The highest BCUT2D eigenvalue weighted by Crippen LogP contribution is 2.12. The zero-order chi connectivity index (χ0) is 12.5. The second-order valence-electron chi connectivity index (χ2n) is 4.57. The summed E-state index contributed by atoms with van der Waals surface area (Å²) in [6.07, 6.45) is 5.12. The van der Waals surface area contributed by atoms with Gasteiger partial charge in [-0.3, -0.25) is 0 Å². The van der Waals surface area contributed by atoms with Crippen LogP contribution in [0.15, 0.2) is 16.5 Å². The van der Waals surface area contributed by atoms with Gasteiger partial charge in [-0.05, 0) is 31.0 Å². The fourth-order valence-electron chi connectivity index (χ4n) is 1.95. The fraction of sp³-hybridized carbons (Fsp3) is 0.714. The van der Waals surface area contributed by atoms with Crippen molar-refractivity contribution < 1.29 is 9.52 Å². The minimum Gasteiger partial charge on any atom is -0.462 e. The normalized spacial score (nSPS) is 12.9. The van der Waals surface area contributed by atoms with E-state index in [0.29, 0.717) is 5.76 Å². The van der Waals surface area contributed by atoms with Crippen molar-refractivity contribution in [3.8, 4) is 0 Å². The third-order valence-electron chi connectivity index (χ3n) is 3.15. The zero-order valence-corrected chi connectivity index (χ0v) is 11.0. The molecule has 1 aromatic rings. The van der Waals surface area contributed by atoms with Gasteiger partial charge in [0.05, 0.1) is 6.54 Å². The molecule has 0 aromatic carbocycles. The molecule has 3 heteroatoms. The monoisotopic (exact) mass is 239 g/mol. The second kappa shape index (κ2) is 8.31. The third kappa shape index (κ3) is 5.37. The Morgan fingerprint density at radius 1 is 1.29 bits per heavy atom. The van der Waals surface area contributed by atoms with Crippen molar-refractivity contribution in [1.29, 1.82) is 0 Å². The second-order valence-corrected chi connectivity index (χ2v) is 4.57. The van der Waals surface area contributed by atoms with Crippen LogP contribution < -0.4 is 5.32 Å². The summed E-state index contributed by atoms with van der Waals surface area (Å²) in [5, 5.41) is 12.3. The molecule has 0 bridgehead atoms. The SMILES string of the molecule is CCCCC(CC)CNCc1ccc(CO)o1. The van der Waals surface area contributed by atoms with Gasteiger partial charge in [-0.25, -0.2) is 0 Å². The summed E-state index contributed by atoms with van der Waals surface area (Å²) >= 11 is 0. The van der Waals surface area contributed by atoms with Gasteiger partial charge in [0.25, 0.3) is 0 Å². The van der Waals surface area contributed by atoms with E-state index >= 15 is 0 Å². The Morgan fingerprint density at radius 2 is 2.06 bits per heavy atom. The van der Waals surface area contributed by atoms with E-state index in [0.717, 1.165) is 24.8 Å². The molecule has 0 radical (unpaired) electrons. The van der Waals surface area contributed by atoms with Crippen LogP contribution in [-0.2, 0) is 13.2 Å². The largest absolute Gasteiger partial charge is 0.462 e. The summed E-state index contributed by atoms with van der Waals surface area (Å²) in [5.74, 6) is 2.31. The maximum absolute atomic E-state index is 8.89. The summed E-state index contributed by atoms with van der Waals surface area (Å²) in [7, 11) is 0. The summed E-state index contributed by atoms with van der Waals surface area (Å²) < 4.78 is 5.42. The van der Waals surface area contributed by atoms with Crippen molar-refractivity contribution in [1.82, 2.24) is 5.32 Å². The van der Waals surface area contributed by atoms with E-state index in [9.17, 15) is 0 Å². The molecule has 0 amide bonds. The molecule has 0 saturated heterocycles. The first kappa shape index (κ1) is 14.3. The van der Waals surface area contributed by atoms with Crippen LogP contribution in [0.4, 0.5) is 0 Å². The first-order valence-corrected chi connectivity index (χ1v) is 6.69. The summed E-state index contributed by atoms with van der Waals surface area (Å²) in [6, 6.07) is 3.75. The number of unbranched alkanes of at least 4 members (excludes halogenated alkanes) is 1. The Morgan fingerprint density at radius 3 is 2.65 bits per heavy atom. The summed E-state index contributed by atoms with van der Waals surface area (Å²) in [5.41, 5.74) is 0. The van der Waals surface area contributed by atoms with Gasteiger partial charge in [0.15, 0.2) is 0 Å². The number of rotatable bonds is 9. The maximum Gasteiger partial charge on any atom is 0.129 e. The van der Waals surface area contributed by atoms with Crippen LogP contribution >= 0.6 is 0 Å². The van der Waals surface area contributed by atoms with Crippen molar-refractivity contribution in [3.05, 3.63) is 23.7 Å². The highest BCUT2D eigenvalue weighted by atomic mass is 16.4. The van der Waals surface area contributed by atoms with Crippen LogP contribution in [0.1, 0.15) is 51.1 Å². The van der Waals surface area contributed by atoms with Gasteiger partial charge in [-0.2, -0.15) is 0 Å². The van der Waals surface area contributed by atoms with Gasteiger partial charge in [-0.1, -0.05) is 33.1 Å². The Labute approximate surface area is 104 Å². The topological polar surface area (TPSA) is 45.4 Å². The fourth-order valence-corrected chi connectivity index (χ4v) is 1.95. The van der Waals surface area contributed by atoms with E-state index < -0.39 is 0 Å². The molecule has 3 nitrogen and oxygen atoms in total. The predicted octanol–water partition coefficient (Wildman–Crippen LogP) is 3.08. The highest BCUT2D eigenvalue weighted by Gasteiger charge is 2.06. The molecule has 0 aliphatic carbocycles. The minimum atomic E-state index is -0.0198. The number of aliphatic hydroxyl groups is 1. The third-order valence-corrected chi connectivity index (χ3v) is 3.15. The van der Waals surface area contributed by atoms with E-state index in [2.05, 4.69) is 19.2 Å². The quantitative estimate of drug-likeness (QED) is 0.696. The minimum absolute atomic E-state index is 0.0198. The average molecular weight is 239 g/mol. The smallest absolute Gasteiger partial charge is 0.129 e. The first-order valence-electron chi connectivity index (χ1n) is 6.69. The highest BCUT2D eigenvalue weighted by molar-refractivity contribution is 5.05. The van der Waals surface area contributed by atoms with Gasteiger partial charge in [0, 0.05) is 0 Å². The molecule has 0 aliphatic rings. The van der Waals surface area contributed by atoms with Gasteiger partial charge in [-0.15, -0.1) is 0 Å². The molecule has 98 valence electrons. The first-order chi connectivity index (χ1) is 8.30. The predicted molar refractivity (Wildman–Crippen MR) is 69.6 cm³/mol. The van der Waals surface area contributed by atoms with Crippen molar-refractivity contribution in [2.75, 3.05) is 6.54 Å². The molecule has 0 saturated carbocycles. The average Bonchev–Trinajstić information content (AvgIpc) is 2.81. The molecular weight excluding hydrogens is 214 g/mol. The van der Waals surface area contributed by atoms with Crippen molar-refractivity contribution >= 4 is 0 Å². The van der Waals surface area contributed by atoms with E-state index in [1.807, 2.05) is 12.1 Å². The van der Waals surface area contributed by atoms with Gasteiger partial charge < -0.3 is 14.8 Å². The Kier molecular flexibility index (Phi) is 6.97. The number of hydrogen-bond donors (Lipinski definition) is 2. The van der Waals surface area contributed by atoms with Crippen LogP contribution in [0.2, 0.25) is 0 Å². The maximum atomic E-state index is 8.89. The molecule has 0 aliphatic heterocycles. The van der Waals surface area contributed by atoms with Crippen LogP contribution in [-0.4, -0.2) is 11.7 Å². The van der Waals surface area contributed by atoms with E-state index in [-0.39, 0.29) is 6.61 Å². The van der Waals surface area contributed by atoms with Crippen molar-refractivity contribution in [3.63, 3.8) is 0 Å². The molecule has 1 unspecified atom stereocenters. The van der Waals surface area contributed by atoms with E-state index in [1.165, 1.54) is 25.7 Å². The number of hydrogen-bond acceptors (Lipinski definition) is 3. The molecule has 1 atom stereocenters. The van der Waals surface area contributed by atoms with Crippen LogP contribution in [0.3, 0.4) is 0 Å². The standard InChI is InChI=1S/C14H25NO2/c1-3-5-6-12(4-2)9-15-10-13-7-8-14(11-16)17-13/h7-8,12,15-16H,3-6,9-11H2,1-2H3. The summed E-state index contributed by atoms with van der Waals surface area (Å²) in [6.45, 7) is 6.26. The number of nitrogens with one attached hydrogen (secondary N) is 1. The van der Waals surface area contributed by atoms with E-state index in [4.69, 9.17) is 9.52 Å². The lowest BCUT2D eigenvalue weighted by Crippen LogP contribution is -2.21. The summed E-state index contributed by atoms with van der Waals surface area (Å²) in [4.78, 5) is 0. The lowest BCUT2D eigenvalue weighted by atomic mass is 9.99. The van der Waals surface area contributed by atoms with Gasteiger partial charge in [0.1, 0.15) is 18.1 Å². The van der Waals surface area contributed by atoms with Crippen LogP contribution in [0, 0.1) is 5.92 Å². The van der Waals surface area contributed by atoms with Crippen molar-refractivity contribution in [2.24, 2.45) is 5.92 Å². The number of furan rings is 1. The zero-order valence-electron chi connectivity index (χ0n) is 11.0. The molecule has 0 spiro atoms. The molecule has 1 heterocycles. The van der Waals surface area contributed by atoms with Crippen LogP contribution in [0.25, 0.3) is 0 Å². The molecule has 17 heavy (non-hydrogen) atoms. The Bertz CT molecular complexity index is 296. The molecular formula is C14H25NO2. The Balaban J connectivity index is 2.21. The molecule has 1 rings (SSSR count). The number of aliphatic hydroxyl groups excluding tert-OH is 1. The van der Waals surface area contributed by atoms with E-state index in [1.54, 1.807) is 0 Å². The molecule has 2 N–H and O–H groups in total.